The van der Waals surface area contributed by atoms with Crippen molar-refractivity contribution in [2.75, 3.05) is 30.8 Å². The second-order valence-corrected chi connectivity index (χ2v) is 8.09. The van der Waals surface area contributed by atoms with Crippen LogP contribution in [0.15, 0.2) is 29.2 Å². The maximum absolute atomic E-state index is 11.6. The lowest BCUT2D eigenvalue weighted by Gasteiger charge is -2.30. The van der Waals surface area contributed by atoms with E-state index in [1.54, 1.807) is 16.1 Å². The molecule has 0 spiro atoms. The van der Waals surface area contributed by atoms with Crippen LogP contribution in [0.1, 0.15) is 12.8 Å². The van der Waals surface area contributed by atoms with Gasteiger partial charge in [-0.05, 0) is 37.0 Å². The van der Waals surface area contributed by atoms with E-state index in [1.807, 2.05) is 24.3 Å². The van der Waals surface area contributed by atoms with E-state index in [4.69, 9.17) is 5.73 Å². The molecule has 1 aromatic carbocycles. The third-order valence-electron chi connectivity index (χ3n) is 3.29. The highest BCUT2D eigenvalue weighted by Crippen LogP contribution is 2.27. The predicted molar refractivity (Wildman–Crippen MR) is 80.7 cm³/mol. The lowest BCUT2D eigenvalue weighted by Crippen LogP contribution is -2.39. The molecule has 1 aliphatic rings. The van der Waals surface area contributed by atoms with E-state index in [0.29, 0.717) is 19.0 Å². The van der Waals surface area contributed by atoms with Crippen LogP contribution in [0.5, 0.6) is 0 Å². The SMILES string of the molecule is CS(=O)(=O)N1CCCC(CSc2cccc(N)c2)C1. The molecular weight excluding hydrogens is 280 g/mol. The number of sulfonamides is 1. The van der Waals surface area contributed by atoms with Gasteiger partial charge in [0.1, 0.15) is 0 Å². The lowest BCUT2D eigenvalue weighted by atomic mass is 10.0. The van der Waals surface area contributed by atoms with Gasteiger partial charge in [0, 0.05) is 29.4 Å². The van der Waals surface area contributed by atoms with Gasteiger partial charge in [-0.1, -0.05) is 6.07 Å². The van der Waals surface area contributed by atoms with E-state index >= 15 is 0 Å². The first-order valence-electron chi connectivity index (χ1n) is 6.38. The zero-order valence-corrected chi connectivity index (χ0v) is 12.7. The Morgan fingerprint density at radius 2 is 2.26 bits per heavy atom. The van der Waals surface area contributed by atoms with E-state index in [-0.39, 0.29) is 0 Å². The van der Waals surface area contributed by atoms with Crippen molar-refractivity contribution >= 4 is 27.5 Å². The summed E-state index contributed by atoms with van der Waals surface area (Å²) < 4.78 is 24.7. The van der Waals surface area contributed by atoms with Gasteiger partial charge in [0.2, 0.25) is 10.0 Å². The van der Waals surface area contributed by atoms with Crippen molar-refractivity contribution in [2.24, 2.45) is 5.92 Å². The molecule has 0 amide bonds. The van der Waals surface area contributed by atoms with Crippen molar-refractivity contribution in [1.29, 1.82) is 0 Å². The number of nitrogens with zero attached hydrogens (tertiary/aromatic N) is 1. The Bertz CT molecular complexity index is 531. The summed E-state index contributed by atoms with van der Waals surface area (Å²) >= 11 is 1.75. The Morgan fingerprint density at radius 1 is 1.47 bits per heavy atom. The van der Waals surface area contributed by atoms with Crippen LogP contribution in [-0.2, 0) is 10.0 Å². The molecule has 0 bridgehead atoms. The summed E-state index contributed by atoms with van der Waals surface area (Å²) in [6, 6.07) is 7.82. The van der Waals surface area contributed by atoms with Gasteiger partial charge in [-0.25, -0.2) is 12.7 Å². The van der Waals surface area contributed by atoms with Gasteiger partial charge in [0.05, 0.1) is 6.26 Å². The third-order valence-corrected chi connectivity index (χ3v) is 5.79. The standard InChI is InChI=1S/C13H20N2O2S2/c1-19(16,17)15-7-3-4-11(9-15)10-18-13-6-2-5-12(14)8-13/h2,5-6,8,11H,3-4,7,9-10,14H2,1H3. The molecular formula is C13H20N2O2S2. The van der Waals surface area contributed by atoms with Crippen molar-refractivity contribution in [3.05, 3.63) is 24.3 Å². The van der Waals surface area contributed by atoms with Crippen molar-refractivity contribution in [3.63, 3.8) is 0 Å². The first-order valence-corrected chi connectivity index (χ1v) is 9.22. The molecule has 0 aliphatic carbocycles. The second-order valence-electron chi connectivity index (χ2n) is 5.01. The molecule has 1 aromatic rings. The maximum atomic E-state index is 11.6. The normalized spacial score (nSPS) is 21.4. The minimum absolute atomic E-state index is 0.426. The van der Waals surface area contributed by atoms with E-state index in [1.165, 1.54) is 6.26 Å². The van der Waals surface area contributed by atoms with Gasteiger partial charge in [0.15, 0.2) is 0 Å². The molecule has 19 heavy (non-hydrogen) atoms. The first kappa shape index (κ1) is 14.7. The fraction of sp³-hybridized carbons (Fsp3) is 0.538. The van der Waals surface area contributed by atoms with Crippen LogP contribution < -0.4 is 5.73 Å². The minimum Gasteiger partial charge on any atom is -0.399 e. The Kier molecular flexibility index (Phi) is 4.76. The number of hydrogen-bond acceptors (Lipinski definition) is 4. The smallest absolute Gasteiger partial charge is 0.211 e. The maximum Gasteiger partial charge on any atom is 0.211 e. The number of anilines is 1. The Morgan fingerprint density at radius 3 is 2.95 bits per heavy atom. The van der Waals surface area contributed by atoms with E-state index < -0.39 is 10.0 Å². The number of nitrogens with two attached hydrogens (primary N) is 1. The predicted octanol–water partition coefficient (Wildman–Crippen LogP) is 2.03. The zero-order chi connectivity index (χ0) is 13.9. The molecule has 106 valence electrons. The molecule has 1 heterocycles. The van der Waals surface area contributed by atoms with Crippen LogP contribution >= 0.6 is 11.8 Å². The summed E-state index contributed by atoms with van der Waals surface area (Å²) in [6.07, 6.45) is 3.34. The third kappa shape index (κ3) is 4.40. The highest BCUT2D eigenvalue weighted by Gasteiger charge is 2.25. The first-order chi connectivity index (χ1) is 8.95. The molecule has 1 saturated heterocycles. The monoisotopic (exact) mass is 300 g/mol. The summed E-state index contributed by atoms with van der Waals surface area (Å²) in [5.41, 5.74) is 6.52. The number of rotatable bonds is 4. The van der Waals surface area contributed by atoms with Crippen LogP contribution in [0.4, 0.5) is 5.69 Å². The van der Waals surface area contributed by atoms with Gasteiger partial charge in [-0.3, -0.25) is 0 Å². The van der Waals surface area contributed by atoms with Gasteiger partial charge in [-0.2, -0.15) is 0 Å². The van der Waals surface area contributed by atoms with Gasteiger partial charge in [-0.15, -0.1) is 11.8 Å². The van der Waals surface area contributed by atoms with Gasteiger partial charge in [0.25, 0.3) is 0 Å². The van der Waals surface area contributed by atoms with E-state index in [2.05, 4.69) is 0 Å². The van der Waals surface area contributed by atoms with Crippen LogP contribution in [0.25, 0.3) is 0 Å². The molecule has 0 radical (unpaired) electrons. The number of thioether (sulfide) groups is 1. The van der Waals surface area contributed by atoms with Crippen LogP contribution in [0, 0.1) is 5.92 Å². The van der Waals surface area contributed by atoms with Crippen molar-refractivity contribution in [1.82, 2.24) is 4.31 Å². The van der Waals surface area contributed by atoms with Gasteiger partial charge >= 0.3 is 0 Å². The molecule has 1 fully saturated rings. The summed E-state index contributed by atoms with van der Waals surface area (Å²) in [5.74, 6) is 1.37. The van der Waals surface area contributed by atoms with Crippen LogP contribution in [-0.4, -0.2) is 37.8 Å². The second kappa shape index (κ2) is 6.15. The highest BCUT2D eigenvalue weighted by molar-refractivity contribution is 7.99. The Balaban J connectivity index is 1.89. The lowest BCUT2D eigenvalue weighted by molar-refractivity contribution is 0.286. The number of hydrogen-bond donors (Lipinski definition) is 1. The van der Waals surface area contributed by atoms with Crippen molar-refractivity contribution < 1.29 is 8.42 Å². The topological polar surface area (TPSA) is 63.4 Å². The molecule has 1 atom stereocenters. The number of benzene rings is 1. The zero-order valence-electron chi connectivity index (χ0n) is 11.1. The Hall–Kier alpha value is -0.720. The van der Waals surface area contributed by atoms with Crippen molar-refractivity contribution in [2.45, 2.75) is 17.7 Å². The number of nitrogen functional groups attached to an aromatic ring is 1. The fourth-order valence-corrected chi connectivity index (χ4v) is 4.32. The summed E-state index contributed by atoms with van der Waals surface area (Å²) in [4.78, 5) is 1.15. The molecule has 2 rings (SSSR count). The summed E-state index contributed by atoms with van der Waals surface area (Å²) in [5, 5.41) is 0. The van der Waals surface area contributed by atoms with Crippen LogP contribution in [0.2, 0.25) is 0 Å². The molecule has 1 aliphatic heterocycles. The quantitative estimate of drug-likeness (QED) is 0.682. The van der Waals surface area contributed by atoms with Gasteiger partial charge < -0.3 is 5.73 Å². The molecule has 0 aromatic heterocycles. The molecule has 1 unspecified atom stereocenters. The molecule has 4 nitrogen and oxygen atoms in total. The number of piperidine rings is 1. The van der Waals surface area contributed by atoms with E-state index in [0.717, 1.165) is 29.2 Å². The minimum atomic E-state index is -3.04. The average Bonchev–Trinajstić information content (AvgIpc) is 2.36. The Labute approximate surface area is 119 Å². The average molecular weight is 300 g/mol. The summed E-state index contributed by atoms with van der Waals surface area (Å²) in [7, 11) is -3.04. The van der Waals surface area contributed by atoms with E-state index in [9.17, 15) is 8.42 Å². The molecule has 0 saturated carbocycles. The molecule has 2 N–H and O–H groups in total. The van der Waals surface area contributed by atoms with Crippen molar-refractivity contribution in [3.8, 4) is 0 Å². The van der Waals surface area contributed by atoms with Crippen LogP contribution in [0.3, 0.4) is 0 Å². The highest BCUT2D eigenvalue weighted by atomic mass is 32.2. The largest absolute Gasteiger partial charge is 0.399 e. The fourth-order valence-electron chi connectivity index (χ4n) is 2.28. The summed E-state index contributed by atoms with van der Waals surface area (Å²) in [6.45, 7) is 1.31. The molecule has 6 heteroatoms.